The first-order valence-corrected chi connectivity index (χ1v) is 7.88. The van der Waals surface area contributed by atoms with E-state index in [4.69, 9.17) is 9.47 Å². The number of hydrogen-bond acceptors (Lipinski definition) is 4. The summed E-state index contributed by atoms with van der Waals surface area (Å²) in [4.78, 5) is 23.6. The lowest BCUT2D eigenvalue weighted by atomic mass is 9.95. The molecule has 0 fully saturated rings. The topological polar surface area (TPSA) is 84.9 Å². The summed E-state index contributed by atoms with van der Waals surface area (Å²) in [5.41, 5.74) is 0.899. The van der Waals surface area contributed by atoms with Crippen molar-refractivity contribution in [3.8, 4) is 11.5 Å². The maximum absolute atomic E-state index is 12.4. The van der Waals surface area contributed by atoms with Gasteiger partial charge in [0.25, 0.3) is 0 Å². The van der Waals surface area contributed by atoms with Crippen molar-refractivity contribution < 1.29 is 24.2 Å². The summed E-state index contributed by atoms with van der Waals surface area (Å²) < 4.78 is 10.8. The minimum absolute atomic E-state index is 0.255. The van der Waals surface area contributed by atoms with Gasteiger partial charge in [0, 0.05) is 0 Å². The molecule has 23 heavy (non-hydrogen) atoms. The van der Waals surface area contributed by atoms with E-state index in [-0.39, 0.29) is 12.5 Å². The Morgan fingerprint density at radius 1 is 1.48 bits per heavy atom. The van der Waals surface area contributed by atoms with E-state index in [9.17, 15) is 14.7 Å². The number of fused-ring (bicyclic) bond motifs is 1. The summed E-state index contributed by atoms with van der Waals surface area (Å²) in [5.74, 6) is -0.207. The molecule has 1 aromatic rings. The van der Waals surface area contributed by atoms with Gasteiger partial charge in [-0.3, -0.25) is 4.79 Å². The van der Waals surface area contributed by atoms with Crippen molar-refractivity contribution in [2.24, 2.45) is 5.92 Å². The van der Waals surface area contributed by atoms with Gasteiger partial charge in [-0.25, -0.2) is 4.79 Å². The summed E-state index contributed by atoms with van der Waals surface area (Å²) in [6, 6.07) is 4.64. The second-order valence-electron chi connectivity index (χ2n) is 5.73. The van der Waals surface area contributed by atoms with E-state index < -0.39 is 17.9 Å². The predicted octanol–water partition coefficient (Wildman–Crippen LogP) is 2.01. The number of benzene rings is 1. The molecule has 1 aliphatic heterocycles. The Hall–Kier alpha value is -2.24. The lowest BCUT2D eigenvalue weighted by molar-refractivity contribution is -0.143. The molecule has 0 spiro atoms. The molecule has 1 unspecified atom stereocenters. The van der Waals surface area contributed by atoms with Gasteiger partial charge in [-0.05, 0) is 36.6 Å². The zero-order valence-corrected chi connectivity index (χ0v) is 13.5. The van der Waals surface area contributed by atoms with Gasteiger partial charge in [-0.15, -0.1) is 0 Å². The van der Waals surface area contributed by atoms with Gasteiger partial charge in [-0.2, -0.15) is 0 Å². The number of methoxy groups -OCH3 is 1. The Labute approximate surface area is 135 Å². The highest BCUT2D eigenvalue weighted by molar-refractivity contribution is 5.85. The van der Waals surface area contributed by atoms with Gasteiger partial charge in [0.1, 0.15) is 24.1 Å². The Balaban J connectivity index is 2.01. The number of rotatable bonds is 7. The minimum atomic E-state index is -0.995. The normalized spacial score (nSPS) is 17.6. The largest absolute Gasteiger partial charge is 0.497 e. The van der Waals surface area contributed by atoms with Crippen LogP contribution in [0.2, 0.25) is 0 Å². The van der Waals surface area contributed by atoms with Crippen LogP contribution in [0.1, 0.15) is 31.7 Å². The highest BCUT2D eigenvalue weighted by Gasteiger charge is 2.29. The number of nitrogens with one attached hydrogen (secondary N) is 1. The quantitative estimate of drug-likeness (QED) is 0.802. The van der Waals surface area contributed by atoms with Crippen molar-refractivity contribution in [2.75, 3.05) is 13.7 Å². The Bertz CT molecular complexity index is 572. The Morgan fingerprint density at radius 3 is 2.91 bits per heavy atom. The maximum atomic E-state index is 12.4. The number of carboxylic acid groups (broad SMARTS) is 1. The number of hydrogen-bond donors (Lipinski definition) is 2. The van der Waals surface area contributed by atoms with Gasteiger partial charge < -0.3 is 19.9 Å². The van der Waals surface area contributed by atoms with Crippen molar-refractivity contribution >= 4 is 11.9 Å². The minimum Gasteiger partial charge on any atom is -0.497 e. The highest BCUT2D eigenvalue weighted by Crippen LogP contribution is 2.30. The number of carbonyl (C=O) groups is 2. The van der Waals surface area contributed by atoms with E-state index >= 15 is 0 Å². The van der Waals surface area contributed by atoms with Crippen LogP contribution in [0.3, 0.4) is 0 Å². The van der Waals surface area contributed by atoms with E-state index in [1.54, 1.807) is 7.11 Å². The molecule has 1 aromatic carbocycles. The van der Waals surface area contributed by atoms with E-state index in [0.717, 1.165) is 24.2 Å². The van der Waals surface area contributed by atoms with Crippen molar-refractivity contribution in [3.05, 3.63) is 23.8 Å². The maximum Gasteiger partial charge on any atom is 0.326 e. The van der Waals surface area contributed by atoms with Gasteiger partial charge in [0.05, 0.1) is 13.0 Å². The van der Waals surface area contributed by atoms with Gasteiger partial charge in [0.2, 0.25) is 5.91 Å². The summed E-state index contributed by atoms with van der Waals surface area (Å²) in [5, 5.41) is 11.8. The average Bonchev–Trinajstić information content (AvgIpc) is 2.56. The second-order valence-corrected chi connectivity index (χ2v) is 5.73. The molecular formula is C17H23NO5. The molecular weight excluding hydrogens is 298 g/mol. The van der Waals surface area contributed by atoms with Crippen LogP contribution < -0.4 is 14.8 Å². The molecule has 0 bridgehead atoms. The van der Waals surface area contributed by atoms with Gasteiger partial charge in [0.15, 0.2) is 0 Å². The van der Waals surface area contributed by atoms with E-state index in [1.807, 2.05) is 25.1 Å². The summed E-state index contributed by atoms with van der Waals surface area (Å²) in [7, 11) is 1.58. The number of carbonyl (C=O) groups excluding carboxylic acids is 1. The molecule has 6 nitrogen and oxygen atoms in total. The van der Waals surface area contributed by atoms with Crippen LogP contribution in [0.15, 0.2) is 18.2 Å². The molecule has 0 aromatic heterocycles. The average molecular weight is 321 g/mol. The molecule has 2 atom stereocenters. The predicted molar refractivity (Wildman–Crippen MR) is 84.8 cm³/mol. The zero-order chi connectivity index (χ0) is 16.8. The van der Waals surface area contributed by atoms with Crippen LogP contribution in [0.25, 0.3) is 0 Å². The van der Waals surface area contributed by atoms with Crippen molar-refractivity contribution in [3.63, 3.8) is 0 Å². The van der Waals surface area contributed by atoms with Crippen molar-refractivity contribution in [2.45, 2.75) is 38.6 Å². The van der Waals surface area contributed by atoms with Crippen LogP contribution in [-0.2, 0) is 16.0 Å². The van der Waals surface area contributed by atoms with Gasteiger partial charge >= 0.3 is 5.97 Å². The zero-order valence-electron chi connectivity index (χ0n) is 13.5. The molecule has 1 aliphatic rings. The third-order valence-corrected chi connectivity index (χ3v) is 4.01. The second kappa shape index (κ2) is 7.85. The molecule has 126 valence electrons. The Morgan fingerprint density at radius 2 is 2.26 bits per heavy atom. The molecule has 2 N–H and O–H groups in total. The number of ether oxygens (including phenoxy) is 2. The molecule has 6 heteroatoms. The van der Waals surface area contributed by atoms with Gasteiger partial charge in [-0.1, -0.05) is 19.8 Å². The van der Waals surface area contributed by atoms with E-state index in [0.29, 0.717) is 18.6 Å². The summed E-state index contributed by atoms with van der Waals surface area (Å²) >= 11 is 0. The van der Waals surface area contributed by atoms with Crippen molar-refractivity contribution in [1.29, 1.82) is 0 Å². The first kappa shape index (κ1) is 17.1. The molecule has 0 aliphatic carbocycles. The standard InChI is InChI=1S/C17H23NO5/c1-3-4-5-14(17(20)21)18-16(19)12-8-11-9-13(22-2)6-7-15(11)23-10-12/h6-7,9,12,14H,3-5,8,10H2,1-2H3,(H,18,19)(H,20,21)/t12?,14-/m0/s1. The number of carboxylic acids is 1. The van der Waals surface area contributed by atoms with E-state index in [1.165, 1.54) is 0 Å². The molecule has 0 saturated heterocycles. The molecule has 1 heterocycles. The highest BCUT2D eigenvalue weighted by atomic mass is 16.5. The van der Waals surface area contributed by atoms with Crippen LogP contribution >= 0.6 is 0 Å². The molecule has 2 rings (SSSR count). The monoisotopic (exact) mass is 321 g/mol. The van der Waals surface area contributed by atoms with Crippen molar-refractivity contribution in [1.82, 2.24) is 5.32 Å². The first-order chi connectivity index (χ1) is 11.0. The number of aliphatic carboxylic acids is 1. The lowest BCUT2D eigenvalue weighted by Gasteiger charge is -2.26. The molecule has 0 saturated carbocycles. The fourth-order valence-electron chi connectivity index (χ4n) is 2.62. The first-order valence-electron chi connectivity index (χ1n) is 7.88. The van der Waals surface area contributed by atoms with E-state index in [2.05, 4.69) is 5.32 Å². The molecule has 0 radical (unpaired) electrons. The van der Waals surface area contributed by atoms with Crippen LogP contribution in [0, 0.1) is 5.92 Å². The van der Waals surface area contributed by atoms with Crippen LogP contribution in [0.5, 0.6) is 11.5 Å². The lowest BCUT2D eigenvalue weighted by Crippen LogP contribution is -2.46. The number of unbranched alkanes of at least 4 members (excludes halogenated alkanes) is 1. The summed E-state index contributed by atoms with van der Waals surface area (Å²) in [6.45, 7) is 2.24. The third kappa shape index (κ3) is 4.37. The smallest absolute Gasteiger partial charge is 0.326 e. The Kier molecular flexibility index (Phi) is 5.84. The molecule has 1 amide bonds. The fraction of sp³-hybridized carbons (Fsp3) is 0.529. The fourth-order valence-corrected chi connectivity index (χ4v) is 2.62. The number of amides is 1. The SMILES string of the molecule is CCCC[C@H](NC(=O)C1COc2ccc(OC)cc2C1)C(=O)O. The van der Waals surface area contributed by atoms with Crippen LogP contribution in [0.4, 0.5) is 0 Å². The third-order valence-electron chi connectivity index (χ3n) is 4.01. The van der Waals surface area contributed by atoms with Crippen LogP contribution in [-0.4, -0.2) is 36.7 Å². The summed E-state index contributed by atoms with van der Waals surface area (Å²) in [6.07, 6.45) is 2.60.